The van der Waals surface area contributed by atoms with Crippen LogP contribution in [-0.2, 0) is 9.47 Å². The molecule has 3 nitrogen and oxygen atoms in total. The van der Waals surface area contributed by atoms with E-state index in [2.05, 4.69) is 6.92 Å². The lowest BCUT2D eigenvalue weighted by atomic mass is 10.0. The smallest absolute Gasteiger partial charge is 0.389 e. The molecule has 6 heteroatoms. The van der Waals surface area contributed by atoms with Gasteiger partial charge < -0.3 is 14.2 Å². The molecule has 0 unspecified atom stereocenters. The van der Waals surface area contributed by atoms with Gasteiger partial charge in [0.05, 0.1) is 19.8 Å². The minimum absolute atomic E-state index is 0.0424. The monoisotopic (exact) mass is 346 g/mol. The Morgan fingerprint density at radius 2 is 1.75 bits per heavy atom. The molecule has 1 aromatic carbocycles. The first kappa shape index (κ1) is 19.1. The van der Waals surface area contributed by atoms with Gasteiger partial charge in [-0.05, 0) is 25.0 Å². The molecular weight excluding hydrogens is 321 g/mol. The summed E-state index contributed by atoms with van der Waals surface area (Å²) in [7, 11) is 0. The quantitative estimate of drug-likeness (QED) is 0.601. The first-order valence-electron chi connectivity index (χ1n) is 8.50. The molecule has 1 aliphatic rings. The molecule has 136 valence electrons. The van der Waals surface area contributed by atoms with Crippen LogP contribution < -0.4 is 4.74 Å². The highest BCUT2D eigenvalue weighted by atomic mass is 19.4. The van der Waals surface area contributed by atoms with Crippen molar-refractivity contribution in [2.75, 3.05) is 19.8 Å². The minimum atomic E-state index is -4.12. The van der Waals surface area contributed by atoms with E-state index in [9.17, 15) is 13.2 Å². The third kappa shape index (κ3) is 6.69. The van der Waals surface area contributed by atoms with E-state index in [0.29, 0.717) is 6.61 Å². The second-order valence-corrected chi connectivity index (χ2v) is 6.14. The molecule has 0 radical (unpaired) electrons. The number of alkyl halides is 3. The summed E-state index contributed by atoms with van der Waals surface area (Å²) in [6, 6.07) is 7.47. The zero-order chi connectivity index (χ0) is 17.4. The summed E-state index contributed by atoms with van der Waals surface area (Å²) < 4.78 is 53.5. The second-order valence-electron chi connectivity index (χ2n) is 6.14. The molecule has 24 heavy (non-hydrogen) atoms. The number of ether oxygens (including phenoxy) is 3. The average molecular weight is 346 g/mol. The number of halogens is 3. The van der Waals surface area contributed by atoms with Crippen molar-refractivity contribution in [3.05, 3.63) is 29.8 Å². The molecule has 1 aliphatic heterocycles. The Hall–Kier alpha value is -1.27. The standard InChI is InChI=1S/C18H25F3O3/c1-2-3-4-11-22-16-7-5-15(6-8-16)17-23-12-14(13-24-17)9-10-18(19,20)21/h5-8,14,17H,2-4,9-13H2,1H3. The number of unbranched alkanes of at least 4 members (excludes halogenated alkanes) is 2. The summed E-state index contributed by atoms with van der Waals surface area (Å²) in [5.74, 6) is 0.595. The van der Waals surface area contributed by atoms with Gasteiger partial charge in [0.25, 0.3) is 0 Å². The maximum atomic E-state index is 12.2. The van der Waals surface area contributed by atoms with Crippen molar-refractivity contribution < 1.29 is 27.4 Å². The zero-order valence-corrected chi connectivity index (χ0v) is 14.0. The van der Waals surface area contributed by atoms with E-state index in [1.807, 2.05) is 24.3 Å². The Bertz CT molecular complexity index is 465. The largest absolute Gasteiger partial charge is 0.494 e. The lowest BCUT2D eigenvalue weighted by Crippen LogP contribution is -2.28. The maximum Gasteiger partial charge on any atom is 0.389 e. The van der Waals surface area contributed by atoms with Gasteiger partial charge in [0.1, 0.15) is 5.75 Å². The van der Waals surface area contributed by atoms with Crippen LogP contribution in [0.2, 0.25) is 0 Å². The van der Waals surface area contributed by atoms with Crippen molar-refractivity contribution >= 4 is 0 Å². The summed E-state index contributed by atoms with van der Waals surface area (Å²) in [5.41, 5.74) is 0.852. The number of rotatable bonds is 8. The molecular formula is C18H25F3O3. The molecule has 0 amide bonds. The van der Waals surface area contributed by atoms with Gasteiger partial charge in [0.2, 0.25) is 0 Å². The van der Waals surface area contributed by atoms with Gasteiger partial charge in [-0.3, -0.25) is 0 Å². The molecule has 0 saturated carbocycles. The van der Waals surface area contributed by atoms with E-state index in [0.717, 1.165) is 30.6 Å². The van der Waals surface area contributed by atoms with Crippen molar-refractivity contribution in [1.82, 2.24) is 0 Å². The summed E-state index contributed by atoms with van der Waals surface area (Å²) >= 11 is 0. The average Bonchev–Trinajstić information content (AvgIpc) is 2.57. The fourth-order valence-corrected chi connectivity index (χ4v) is 2.53. The van der Waals surface area contributed by atoms with Gasteiger partial charge in [-0.2, -0.15) is 13.2 Å². The lowest BCUT2D eigenvalue weighted by molar-refractivity contribution is -0.211. The number of hydrogen-bond donors (Lipinski definition) is 0. The highest BCUT2D eigenvalue weighted by Gasteiger charge is 2.30. The second kappa shape index (κ2) is 9.28. The first-order chi connectivity index (χ1) is 11.5. The Morgan fingerprint density at radius 3 is 2.33 bits per heavy atom. The molecule has 0 bridgehead atoms. The molecule has 2 rings (SSSR count). The van der Waals surface area contributed by atoms with Crippen LogP contribution >= 0.6 is 0 Å². The van der Waals surface area contributed by atoms with Gasteiger partial charge in [0, 0.05) is 17.9 Å². The van der Waals surface area contributed by atoms with Crippen LogP contribution in [0.15, 0.2) is 24.3 Å². The van der Waals surface area contributed by atoms with Gasteiger partial charge in [0.15, 0.2) is 6.29 Å². The third-order valence-corrected chi connectivity index (χ3v) is 3.97. The van der Waals surface area contributed by atoms with Gasteiger partial charge in [-0.25, -0.2) is 0 Å². The van der Waals surface area contributed by atoms with Crippen LogP contribution in [0, 0.1) is 5.92 Å². The molecule has 1 saturated heterocycles. The number of benzene rings is 1. The Labute approximate surface area is 141 Å². The van der Waals surface area contributed by atoms with Crippen LogP contribution in [0.25, 0.3) is 0 Å². The maximum absolute atomic E-state index is 12.2. The zero-order valence-electron chi connectivity index (χ0n) is 14.0. The first-order valence-corrected chi connectivity index (χ1v) is 8.50. The predicted molar refractivity (Wildman–Crippen MR) is 84.9 cm³/mol. The topological polar surface area (TPSA) is 27.7 Å². The molecule has 1 heterocycles. The Kier molecular flexibility index (Phi) is 7.37. The predicted octanol–water partition coefficient (Wildman–Crippen LogP) is 5.26. The summed E-state index contributed by atoms with van der Waals surface area (Å²) in [6.07, 6.45) is -2.04. The SMILES string of the molecule is CCCCCOc1ccc(C2OCC(CCC(F)(F)F)CO2)cc1. The minimum Gasteiger partial charge on any atom is -0.494 e. The Balaban J connectivity index is 1.73. The molecule has 1 aromatic rings. The summed E-state index contributed by atoms with van der Waals surface area (Å²) in [5, 5.41) is 0. The van der Waals surface area contributed by atoms with Crippen LogP contribution in [0.3, 0.4) is 0 Å². The highest BCUT2D eigenvalue weighted by Crippen LogP contribution is 2.30. The van der Waals surface area contributed by atoms with E-state index >= 15 is 0 Å². The molecule has 0 atom stereocenters. The fraction of sp³-hybridized carbons (Fsp3) is 0.667. The van der Waals surface area contributed by atoms with Crippen LogP contribution in [0.5, 0.6) is 5.75 Å². The van der Waals surface area contributed by atoms with Gasteiger partial charge >= 0.3 is 6.18 Å². The van der Waals surface area contributed by atoms with E-state index < -0.39 is 18.9 Å². The van der Waals surface area contributed by atoms with E-state index in [1.54, 1.807) is 0 Å². The van der Waals surface area contributed by atoms with Crippen molar-refractivity contribution in [3.63, 3.8) is 0 Å². The van der Waals surface area contributed by atoms with E-state index in [1.165, 1.54) is 0 Å². The third-order valence-electron chi connectivity index (χ3n) is 3.97. The van der Waals surface area contributed by atoms with Crippen LogP contribution in [0.1, 0.15) is 50.9 Å². The van der Waals surface area contributed by atoms with Gasteiger partial charge in [-0.1, -0.05) is 31.9 Å². The van der Waals surface area contributed by atoms with Crippen molar-refractivity contribution in [1.29, 1.82) is 0 Å². The Morgan fingerprint density at radius 1 is 1.08 bits per heavy atom. The molecule has 0 aromatic heterocycles. The van der Waals surface area contributed by atoms with Crippen molar-refractivity contribution in [3.8, 4) is 5.75 Å². The van der Waals surface area contributed by atoms with E-state index in [4.69, 9.17) is 14.2 Å². The normalized spacial score (nSPS) is 21.7. The molecule has 0 N–H and O–H groups in total. The summed E-state index contributed by atoms with van der Waals surface area (Å²) in [6.45, 7) is 3.42. The fourth-order valence-electron chi connectivity index (χ4n) is 2.53. The van der Waals surface area contributed by atoms with E-state index in [-0.39, 0.29) is 25.6 Å². The highest BCUT2D eigenvalue weighted by molar-refractivity contribution is 5.28. The van der Waals surface area contributed by atoms with Crippen LogP contribution in [-0.4, -0.2) is 26.0 Å². The lowest BCUT2D eigenvalue weighted by Gasteiger charge is -2.29. The molecule has 0 aliphatic carbocycles. The summed E-state index contributed by atoms with van der Waals surface area (Å²) in [4.78, 5) is 0. The van der Waals surface area contributed by atoms with Crippen molar-refractivity contribution in [2.24, 2.45) is 5.92 Å². The number of hydrogen-bond acceptors (Lipinski definition) is 3. The van der Waals surface area contributed by atoms with Crippen molar-refractivity contribution in [2.45, 2.75) is 51.5 Å². The molecule has 1 fully saturated rings. The molecule has 0 spiro atoms. The van der Waals surface area contributed by atoms with Crippen LogP contribution in [0.4, 0.5) is 13.2 Å². The van der Waals surface area contributed by atoms with Gasteiger partial charge in [-0.15, -0.1) is 0 Å².